The molecular formula is C12H14ClN3OS. The topological polar surface area (TPSA) is 47.0 Å². The minimum absolute atomic E-state index is 0.286. The van der Waals surface area contributed by atoms with E-state index < -0.39 is 0 Å². The summed E-state index contributed by atoms with van der Waals surface area (Å²) in [5, 5.41) is 4.66. The van der Waals surface area contributed by atoms with Gasteiger partial charge in [0.1, 0.15) is 10.6 Å². The Morgan fingerprint density at radius 2 is 2.44 bits per heavy atom. The molecule has 1 fully saturated rings. The lowest BCUT2D eigenvalue weighted by Crippen LogP contribution is -2.19. The lowest BCUT2D eigenvalue weighted by atomic mass is 10.2. The second-order valence-corrected chi connectivity index (χ2v) is 6.01. The van der Waals surface area contributed by atoms with Gasteiger partial charge in [-0.2, -0.15) is 0 Å². The van der Waals surface area contributed by atoms with E-state index in [1.165, 1.54) is 4.88 Å². The van der Waals surface area contributed by atoms with Crippen molar-refractivity contribution in [2.24, 2.45) is 0 Å². The fourth-order valence-corrected chi connectivity index (χ4v) is 3.27. The van der Waals surface area contributed by atoms with Gasteiger partial charge in [-0.1, -0.05) is 0 Å². The summed E-state index contributed by atoms with van der Waals surface area (Å²) in [5.74, 6) is 0.810. The van der Waals surface area contributed by atoms with Crippen molar-refractivity contribution in [3.05, 3.63) is 16.2 Å². The van der Waals surface area contributed by atoms with E-state index in [4.69, 9.17) is 16.3 Å². The highest BCUT2D eigenvalue weighted by molar-refractivity contribution is 7.18. The van der Waals surface area contributed by atoms with Gasteiger partial charge in [-0.25, -0.2) is 9.97 Å². The molecule has 18 heavy (non-hydrogen) atoms. The van der Waals surface area contributed by atoms with E-state index in [9.17, 15) is 0 Å². The van der Waals surface area contributed by atoms with E-state index in [1.807, 2.05) is 0 Å². The van der Waals surface area contributed by atoms with Gasteiger partial charge < -0.3 is 10.1 Å². The molecule has 1 saturated heterocycles. The Balaban J connectivity index is 1.85. The Hall–Kier alpha value is -0.910. The van der Waals surface area contributed by atoms with Crippen LogP contribution in [0.25, 0.3) is 10.2 Å². The molecule has 6 heteroatoms. The van der Waals surface area contributed by atoms with Crippen LogP contribution in [0.5, 0.6) is 0 Å². The SMILES string of the molecule is Cc1cc2c(NCC3CCCO3)nc(Cl)nc2s1. The highest BCUT2D eigenvalue weighted by Gasteiger charge is 2.16. The zero-order chi connectivity index (χ0) is 12.5. The number of nitrogens with one attached hydrogen (secondary N) is 1. The van der Waals surface area contributed by atoms with E-state index in [-0.39, 0.29) is 6.10 Å². The molecule has 2 aromatic rings. The number of aromatic nitrogens is 2. The molecule has 96 valence electrons. The summed E-state index contributed by atoms with van der Waals surface area (Å²) in [4.78, 5) is 10.7. The molecule has 1 atom stereocenters. The van der Waals surface area contributed by atoms with Crippen LogP contribution in [0.1, 0.15) is 17.7 Å². The average Bonchev–Trinajstić information content (AvgIpc) is 2.93. The molecular weight excluding hydrogens is 270 g/mol. The molecule has 0 aromatic carbocycles. The van der Waals surface area contributed by atoms with Crippen molar-refractivity contribution in [3.8, 4) is 0 Å². The molecule has 4 nitrogen and oxygen atoms in total. The number of ether oxygens (including phenoxy) is 1. The minimum Gasteiger partial charge on any atom is -0.376 e. The zero-order valence-corrected chi connectivity index (χ0v) is 11.6. The molecule has 0 aliphatic carbocycles. The smallest absolute Gasteiger partial charge is 0.225 e. The third-order valence-electron chi connectivity index (χ3n) is 3.01. The third kappa shape index (κ3) is 2.43. The summed E-state index contributed by atoms with van der Waals surface area (Å²) < 4.78 is 5.59. The Morgan fingerprint density at radius 1 is 1.56 bits per heavy atom. The monoisotopic (exact) mass is 283 g/mol. The molecule has 2 aromatic heterocycles. The average molecular weight is 284 g/mol. The van der Waals surface area contributed by atoms with E-state index in [2.05, 4.69) is 28.3 Å². The molecule has 1 N–H and O–H groups in total. The Morgan fingerprint density at radius 3 is 3.22 bits per heavy atom. The van der Waals surface area contributed by atoms with E-state index >= 15 is 0 Å². The number of hydrogen-bond acceptors (Lipinski definition) is 5. The standard InChI is InChI=1S/C12H14ClN3OS/c1-7-5-9-10(14-6-8-3-2-4-17-8)15-12(13)16-11(9)18-7/h5,8H,2-4,6H2,1H3,(H,14,15,16). The third-order valence-corrected chi connectivity index (χ3v) is 4.12. The van der Waals surface area contributed by atoms with Gasteiger partial charge in [-0.3, -0.25) is 0 Å². The lowest BCUT2D eigenvalue weighted by Gasteiger charge is -2.11. The van der Waals surface area contributed by atoms with Crippen LogP contribution in [0.4, 0.5) is 5.82 Å². The highest BCUT2D eigenvalue weighted by Crippen LogP contribution is 2.29. The predicted octanol–water partition coefficient (Wildman–Crippen LogP) is 3.24. The lowest BCUT2D eigenvalue weighted by molar-refractivity contribution is 0.120. The van der Waals surface area contributed by atoms with Crippen molar-refractivity contribution >= 4 is 39.0 Å². The number of aryl methyl sites for hydroxylation is 1. The summed E-state index contributed by atoms with van der Waals surface area (Å²) in [6.07, 6.45) is 2.54. The van der Waals surface area contributed by atoms with Crippen molar-refractivity contribution in [3.63, 3.8) is 0 Å². The maximum atomic E-state index is 5.94. The van der Waals surface area contributed by atoms with Crippen molar-refractivity contribution in [2.45, 2.75) is 25.9 Å². The van der Waals surface area contributed by atoms with Gasteiger partial charge in [0.05, 0.1) is 11.5 Å². The summed E-state index contributed by atoms with van der Waals surface area (Å²) in [6, 6.07) is 2.09. The summed E-state index contributed by atoms with van der Waals surface area (Å²) in [7, 11) is 0. The van der Waals surface area contributed by atoms with Crippen LogP contribution in [-0.2, 0) is 4.74 Å². The minimum atomic E-state index is 0.286. The molecule has 0 bridgehead atoms. The van der Waals surface area contributed by atoms with Gasteiger partial charge in [0.15, 0.2) is 0 Å². The van der Waals surface area contributed by atoms with Crippen LogP contribution in [-0.4, -0.2) is 29.2 Å². The predicted molar refractivity (Wildman–Crippen MR) is 74.6 cm³/mol. The van der Waals surface area contributed by atoms with Crippen LogP contribution in [0.15, 0.2) is 6.07 Å². The molecule has 0 radical (unpaired) electrons. The molecule has 1 aliphatic rings. The quantitative estimate of drug-likeness (QED) is 0.879. The molecule has 0 spiro atoms. The van der Waals surface area contributed by atoms with Crippen LogP contribution in [0.3, 0.4) is 0 Å². The van der Waals surface area contributed by atoms with Crippen molar-refractivity contribution in [2.75, 3.05) is 18.5 Å². The maximum absolute atomic E-state index is 5.94. The van der Waals surface area contributed by atoms with Gasteiger partial charge in [0, 0.05) is 18.0 Å². The van der Waals surface area contributed by atoms with Gasteiger partial charge in [-0.15, -0.1) is 11.3 Å². The van der Waals surface area contributed by atoms with Crippen molar-refractivity contribution < 1.29 is 4.74 Å². The van der Waals surface area contributed by atoms with Gasteiger partial charge in [-0.05, 0) is 37.4 Å². The van der Waals surface area contributed by atoms with E-state index in [0.29, 0.717) is 5.28 Å². The zero-order valence-electron chi connectivity index (χ0n) is 10.1. The first-order chi connectivity index (χ1) is 8.72. The number of fused-ring (bicyclic) bond motifs is 1. The Kier molecular flexibility index (Phi) is 3.37. The first kappa shape index (κ1) is 12.1. The van der Waals surface area contributed by atoms with Gasteiger partial charge in [0.2, 0.25) is 5.28 Å². The molecule has 3 heterocycles. The fraction of sp³-hybridized carbons (Fsp3) is 0.500. The van der Waals surface area contributed by atoms with Crippen LogP contribution in [0, 0.1) is 6.92 Å². The highest BCUT2D eigenvalue weighted by atomic mass is 35.5. The maximum Gasteiger partial charge on any atom is 0.225 e. The number of hydrogen-bond donors (Lipinski definition) is 1. The molecule has 0 amide bonds. The number of anilines is 1. The molecule has 3 rings (SSSR count). The summed E-state index contributed by atoms with van der Waals surface area (Å²) in [5.41, 5.74) is 0. The second kappa shape index (κ2) is 4.99. The van der Waals surface area contributed by atoms with Crippen LogP contribution >= 0.6 is 22.9 Å². The van der Waals surface area contributed by atoms with Gasteiger partial charge in [0.25, 0.3) is 0 Å². The molecule has 0 saturated carbocycles. The largest absolute Gasteiger partial charge is 0.376 e. The van der Waals surface area contributed by atoms with Crippen LogP contribution in [0.2, 0.25) is 5.28 Å². The Labute approximate surface area is 114 Å². The molecule has 1 aliphatic heterocycles. The fourth-order valence-electron chi connectivity index (χ4n) is 2.17. The van der Waals surface area contributed by atoms with Gasteiger partial charge >= 0.3 is 0 Å². The van der Waals surface area contributed by atoms with Crippen molar-refractivity contribution in [1.82, 2.24) is 9.97 Å². The van der Waals surface area contributed by atoms with Crippen molar-refractivity contribution in [1.29, 1.82) is 0 Å². The first-order valence-electron chi connectivity index (χ1n) is 6.01. The number of halogens is 1. The second-order valence-electron chi connectivity index (χ2n) is 4.43. The summed E-state index contributed by atoms with van der Waals surface area (Å²) >= 11 is 7.57. The molecule has 1 unspecified atom stereocenters. The normalized spacial score (nSPS) is 19.6. The first-order valence-corrected chi connectivity index (χ1v) is 7.21. The van der Waals surface area contributed by atoms with E-state index in [0.717, 1.165) is 42.0 Å². The van der Waals surface area contributed by atoms with Crippen LogP contribution < -0.4 is 5.32 Å². The number of thiophene rings is 1. The summed E-state index contributed by atoms with van der Waals surface area (Å²) in [6.45, 7) is 3.70. The Bertz CT molecular complexity index is 566. The number of rotatable bonds is 3. The van der Waals surface area contributed by atoms with E-state index in [1.54, 1.807) is 11.3 Å². The number of nitrogens with zero attached hydrogens (tertiary/aromatic N) is 2.